The second-order valence-corrected chi connectivity index (χ2v) is 5.73. The SMILES string of the molecule is CCCOc1ccccc1C(C)(CC(F)(F)C(F)(F)C(F)(F)F)OC. The summed E-state index contributed by atoms with van der Waals surface area (Å²) >= 11 is 0. The normalized spacial score (nSPS) is 15.8. The molecule has 0 heterocycles. The highest BCUT2D eigenvalue weighted by Crippen LogP contribution is 2.52. The van der Waals surface area contributed by atoms with E-state index >= 15 is 0 Å². The van der Waals surface area contributed by atoms with Crippen LogP contribution in [0.5, 0.6) is 5.75 Å². The van der Waals surface area contributed by atoms with Gasteiger partial charge in [-0.2, -0.15) is 30.7 Å². The second kappa shape index (κ2) is 7.39. The summed E-state index contributed by atoms with van der Waals surface area (Å²) < 4.78 is 102. The summed E-state index contributed by atoms with van der Waals surface area (Å²) in [6.07, 6.45) is -7.68. The van der Waals surface area contributed by atoms with Gasteiger partial charge in [-0.05, 0) is 19.4 Å². The lowest BCUT2D eigenvalue weighted by Gasteiger charge is -2.36. The van der Waals surface area contributed by atoms with E-state index in [-0.39, 0.29) is 17.9 Å². The molecular formula is C16H19F7O2. The minimum Gasteiger partial charge on any atom is -0.493 e. The lowest BCUT2D eigenvalue weighted by Crippen LogP contribution is -2.54. The predicted octanol–water partition coefficient (Wildman–Crippen LogP) is 5.56. The van der Waals surface area contributed by atoms with Crippen LogP contribution in [0.15, 0.2) is 24.3 Å². The van der Waals surface area contributed by atoms with Crippen molar-refractivity contribution >= 4 is 0 Å². The number of para-hydroxylation sites is 1. The Kier molecular flexibility index (Phi) is 6.36. The highest BCUT2D eigenvalue weighted by atomic mass is 19.4. The van der Waals surface area contributed by atoms with Gasteiger partial charge in [0.25, 0.3) is 0 Å². The molecule has 0 fully saturated rings. The predicted molar refractivity (Wildman–Crippen MR) is 77.2 cm³/mol. The zero-order chi connectivity index (χ0) is 19.5. The van der Waals surface area contributed by atoms with E-state index in [1.807, 2.05) is 0 Å². The van der Waals surface area contributed by atoms with Crippen LogP contribution in [0.25, 0.3) is 0 Å². The number of hydrogen-bond acceptors (Lipinski definition) is 2. The molecule has 1 unspecified atom stereocenters. The zero-order valence-corrected chi connectivity index (χ0v) is 13.9. The van der Waals surface area contributed by atoms with Crippen LogP contribution in [0.4, 0.5) is 30.7 Å². The largest absolute Gasteiger partial charge is 0.493 e. The van der Waals surface area contributed by atoms with Crippen molar-refractivity contribution in [2.75, 3.05) is 13.7 Å². The van der Waals surface area contributed by atoms with Crippen molar-refractivity contribution in [2.24, 2.45) is 0 Å². The average molecular weight is 376 g/mol. The van der Waals surface area contributed by atoms with Gasteiger partial charge in [0.05, 0.1) is 18.6 Å². The van der Waals surface area contributed by atoms with Crippen molar-refractivity contribution in [3.63, 3.8) is 0 Å². The van der Waals surface area contributed by atoms with Gasteiger partial charge >= 0.3 is 18.0 Å². The fourth-order valence-corrected chi connectivity index (χ4v) is 2.26. The van der Waals surface area contributed by atoms with Crippen molar-refractivity contribution in [3.8, 4) is 5.75 Å². The van der Waals surface area contributed by atoms with Gasteiger partial charge in [-0.15, -0.1) is 0 Å². The third-order valence-electron chi connectivity index (χ3n) is 3.74. The Labute approximate surface area is 140 Å². The fourth-order valence-electron chi connectivity index (χ4n) is 2.26. The van der Waals surface area contributed by atoms with Crippen LogP contribution in [0.1, 0.15) is 32.3 Å². The second-order valence-electron chi connectivity index (χ2n) is 5.73. The maximum Gasteiger partial charge on any atom is 0.459 e. The van der Waals surface area contributed by atoms with Crippen LogP contribution in [0, 0.1) is 0 Å². The molecule has 0 saturated heterocycles. The van der Waals surface area contributed by atoms with E-state index in [1.54, 1.807) is 6.92 Å². The molecule has 2 nitrogen and oxygen atoms in total. The van der Waals surface area contributed by atoms with E-state index < -0.39 is 30.0 Å². The first-order valence-electron chi connectivity index (χ1n) is 7.42. The zero-order valence-electron chi connectivity index (χ0n) is 13.9. The Morgan fingerprint density at radius 3 is 2.00 bits per heavy atom. The molecule has 1 rings (SSSR count). The molecule has 0 saturated carbocycles. The van der Waals surface area contributed by atoms with E-state index in [2.05, 4.69) is 0 Å². The Morgan fingerprint density at radius 1 is 0.960 bits per heavy atom. The summed E-state index contributed by atoms with van der Waals surface area (Å²) in [5, 5.41) is 0. The molecule has 0 spiro atoms. The smallest absolute Gasteiger partial charge is 0.459 e. The maximum absolute atomic E-state index is 13.9. The van der Waals surface area contributed by atoms with E-state index in [1.165, 1.54) is 24.3 Å². The number of ether oxygens (including phenoxy) is 2. The monoisotopic (exact) mass is 376 g/mol. The van der Waals surface area contributed by atoms with Crippen molar-refractivity contribution < 1.29 is 40.2 Å². The van der Waals surface area contributed by atoms with Crippen LogP contribution in [0.2, 0.25) is 0 Å². The highest BCUT2D eigenvalue weighted by molar-refractivity contribution is 5.38. The summed E-state index contributed by atoms with van der Waals surface area (Å²) in [5.74, 6) is -11.5. The molecule has 0 amide bonds. The minimum atomic E-state index is -6.39. The van der Waals surface area contributed by atoms with Crippen LogP contribution >= 0.6 is 0 Å². The number of methoxy groups -OCH3 is 1. The Hall–Kier alpha value is -1.51. The highest BCUT2D eigenvalue weighted by Gasteiger charge is 2.73. The third-order valence-corrected chi connectivity index (χ3v) is 3.74. The first-order chi connectivity index (χ1) is 11.3. The molecule has 0 aliphatic carbocycles. The van der Waals surface area contributed by atoms with Gasteiger partial charge in [0.1, 0.15) is 5.75 Å². The fraction of sp³-hybridized carbons (Fsp3) is 0.625. The summed E-state index contributed by atoms with van der Waals surface area (Å²) in [4.78, 5) is 0. The molecule has 9 heteroatoms. The molecule has 25 heavy (non-hydrogen) atoms. The number of alkyl halides is 7. The summed E-state index contributed by atoms with van der Waals surface area (Å²) in [5.41, 5.74) is -2.16. The van der Waals surface area contributed by atoms with Gasteiger partial charge in [0, 0.05) is 12.7 Å². The van der Waals surface area contributed by atoms with Crippen LogP contribution in [0.3, 0.4) is 0 Å². The van der Waals surface area contributed by atoms with Gasteiger partial charge in [-0.1, -0.05) is 25.1 Å². The summed E-state index contributed by atoms with van der Waals surface area (Å²) in [7, 11) is 0.957. The molecule has 0 radical (unpaired) electrons. The van der Waals surface area contributed by atoms with Crippen molar-refractivity contribution in [3.05, 3.63) is 29.8 Å². The van der Waals surface area contributed by atoms with E-state index in [9.17, 15) is 30.7 Å². The Bertz CT molecular complexity index is 572. The molecule has 1 atom stereocenters. The van der Waals surface area contributed by atoms with Crippen LogP contribution in [-0.2, 0) is 10.3 Å². The molecule has 0 aromatic heterocycles. The van der Waals surface area contributed by atoms with Crippen LogP contribution < -0.4 is 4.74 Å². The Morgan fingerprint density at radius 2 is 1.52 bits per heavy atom. The van der Waals surface area contributed by atoms with E-state index in [0.29, 0.717) is 6.42 Å². The third kappa shape index (κ3) is 4.37. The van der Waals surface area contributed by atoms with Gasteiger partial charge in [-0.3, -0.25) is 0 Å². The van der Waals surface area contributed by atoms with Crippen molar-refractivity contribution in [2.45, 2.75) is 50.3 Å². The topological polar surface area (TPSA) is 18.5 Å². The number of rotatable bonds is 8. The summed E-state index contributed by atoms with van der Waals surface area (Å²) in [6.45, 7) is 3.02. The number of benzene rings is 1. The standard InChI is InChI=1S/C16H19F7O2/c1-4-9-25-12-8-6-5-7-11(12)13(2,24-3)10-14(17,18)15(19,20)16(21,22)23/h5-8H,4,9-10H2,1-3H3. The number of halogens is 7. The lowest BCUT2D eigenvalue weighted by molar-refractivity contribution is -0.362. The number of hydrogen-bond donors (Lipinski definition) is 0. The average Bonchev–Trinajstić information content (AvgIpc) is 2.51. The van der Waals surface area contributed by atoms with Crippen molar-refractivity contribution in [1.29, 1.82) is 0 Å². The van der Waals surface area contributed by atoms with Gasteiger partial charge in [0.2, 0.25) is 0 Å². The molecule has 0 bridgehead atoms. The maximum atomic E-state index is 13.9. The van der Waals surface area contributed by atoms with Gasteiger partial charge in [0.15, 0.2) is 0 Å². The first kappa shape index (κ1) is 21.5. The molecule has 0 aliphatic rings. The lowest BCUT2D eigenvalue weighted by atomic mass is 9.86. The first-order valence-corrected chi connectivity index (χ1v) is 7.42. The van der Waals surface area contributed by atoms with Gasteiger partial charge < -0.3 is 9.47 Å². The molecular weight excluding hydrogens is 357 g/mol. The van der Waals surface area contributed by atoms with E-state index in [0.717, 1.165) is 14.0 Å². The Balaban J connectivity index is 3.28. The summed E-state index contributed by atoms with van der Waals surface area (Å²) in [6, 6.07) is 5.64. The van der Waals surface area contributed by atoms with Crippen molar-refractivity contribution in [1.82, 2.24) is 0 Å². The minimum absolute atomic E-state index is 0.0383. The quantitative estimate of drug-likeness (QED) is 0.553. The van der Waals surface area contributed by atoms with Crippen LogP contribution in [-0.4, -0.2) is 31.7 Å². The molecule has 1 aromatic rings. The van der Waals surface area contributed by atoms with Gasteiger partial charge in [-0.25, -0.2) is 0 Å². The molecule has 0 aliphatic heterocycles. The molecule has 144 valence electrons. The molecule has 0 N–H and O–H groups in total. The molecule has 1 aromatic carbocycles. The van der Waals surface area contributed by atoms with E-state index in [4.69, 9.17) is 9.47 Å².